The number of likely N-dealkylation sites (tertiary alicyclic amines) is 1. The quantitative estimate of drug-likeness (QED) is 0.151. The molecule has 1 saturated heterocycles. The Labute approximate surface area is 200 Å². The molecule has 0 unspecified atom stereocenters. The molecular formula is C22H39N3O9. The molecule has 12 heteroatoms. The summed E-state index contributed by atoms with van der Waals surface area (Å²) in [6, 6.07) is -1.05. The summed E-state index contributed by atoms with van der Waals surface area (Å²) < 4.78 is 15.8. The Hall–Kier alpha value is -2.63. The number of hydrogen-bond acceptors (Lipinski definition) is 10. The monoisotopic (exact) mass is 489 g/mol. The van der Waals surface area contributed by atoms with Gasteiger partial charge in [-0.25, -0.2) is 9.59 Å². The first-order valence-corrected chi connectivity index (χ1v) is 11.6. The summed E-state index contributed by atoms with van der Waals surface area (Å²) in [5.74, 6) is -1.15. The Bertz CT molecular complexity index is 693. The highest BCUT2D eigenvalue weighted by molar-refractivity contribution is 5.82. The number of nitrogens with zero attached hydrogens (tertiary/aromatic N) is 2. The summed E-state index contributed by atoms with van der Waals surface area (Å²) in [6.45, 7) is 12.5. The molecular weight excluding hydrogens is 450 g/mol. The van der Waals surface area contributed by atoms with Crippen LogP contribution in [0.3, 0.4) is 0 Å². The van der Waals surface area contributed by atoms with E-state index in [0.717, 1.165) is 0 Å². The van der Waals surface area contributed by atoms with E-state index in [0.29, 0.717) is 38.9 Å². The standard InChI is InChI=1S/C22H39N3O9/c1-21(2,3)32-19(27)17(23-20(28)33-22(4,5)6)8-9-18(26)31-15-7-12-24-13-10-16(11-14-24)34-25(29)30/h16-17H,7-15H2,1-6H3,(H,23,28)/t17-/m0/s1. The van der Waals surface area contributed by atoms with Gasteiger partial charge in [-0.2, -0.15) is 0 Å². The zero-order chi connectivity index (χ0) is 25.9. The Morgan fingerprint density at radius 2 is 1.65 bits per heavy atom. The minimum absolute atomic E-state index is 0.0109. The molecule has 1 heterocycles. The maximum absolute atomic E-state index is 12.5. The van der Waals surface area contributed by atoms with Crippen LogP contribution in [0.1, 0.15) is 73.6 Å². The average molecular weight is 490 g/mol. The van der Waals surface area contributed by atoms with E-state index in [9.17, 15) is 24.5 Å². The van der Waals surface area contributed by atoms with Crippen molar-refractivity contribution in [1.29, 1.82) is 0 Å². The van der Waals surface area contributed by atoms with E-state index in [2.05, 4.69) is 15.1 Å². The van der Waals surface area contributed by atoms with E-state index in [4.69, 9.17) is 14.2 Å². The SMILES string of the molecule is CC(C)(C)OC(=O)N[C@@H](CCC(=O)OCCCN1CCC(O[N+](=O)[O-])CC1)C(=O)OC(C)(C)C. The lowest BCUT2D eigenvalue weighted by Crippen LogP contribution is -2.46. The van der Waals surface area contributed by atoms with Gasteiger partial charge in [0.05, 0.1) is 6.61 Å². The summed E-state index contributed by atoms with van der Waals surface area (Å²) in [5, 5.41) is 12.1. The highest BCUT2D eigenvalue weighted by Crippen LogP contribution is 2.15. The van der Waals surface area contributed by atoms with Gasteiger partial charge in [-0.05, 0) is 67.2 Å². The van der Waals surface area contributed by atoms with E-state index in [1.54, 1.807) is 41.5 Å². The number of esters is 2. The van der Waals surface area contributed by atoms with Gasteiger partial charge in [-0.15, -0.1) is 10.1 Å². The van der Waals surface area contributed by atoms with E-state index in [-0.39, 0.29) is 25.6 Å². The second-order valence-corrected chi connectivity index (χ2v) is 10.2. The number of hydrogen-bond donors (Lipinski definition) is 1. The van der Waals surface area contributed by atoms with Gasteiger partial charge < -0.3 is 29.3 Å². The number of carbonyl (C=O) groups is 3. The highest BCUT2D eigenvalue weighted by Gasteiger charge is 2.29. The minimum atomic E-state index is -1.05. The molecule has 0 saturated carbocycles. The summed E-state index contributed by atoms with van der Waals surface area (Å²) in [4.78, 5) is 53.9. The van der Waals surface area contributed by atoms with Crippen molar-refractivity contribution in [2.24, 2.45) is 0 Å². The largest absolute Gasteiger partial charge is 0.466 e. The van der Waals surface area contributed by atoms with Crippen LogP contribution in [0.5, 0.6) is 0 Å². The Morgan fingerprint density at radius 3 is 2.18 bits per heavy atom. The van der Waals surface area contributed by atoms with Crippen LogP contribution in [-0.2, 0) is 28.6 Å². The van der Waals surface area contributed by atoms with E-state index < -0.39 is 40.4 Å². The highest BCUT2D eigenvalue weighted by atomic mass is 17.0. The molecule has 1 rings (SSSR count). The third kappa shape index (κ3) is 13.8. The lowest BCUT2D eigenvalue weighted by molar-refractivity contribution is -0.769. The van der Waals surface area contributed by atoms with Crippen LogP contribution in [-0.4, -0.2) is 77.6 Å². The summed E-state index contributed by atoms with van der Waals surface area (Å²) in [6.07, 6.45) is 0.563. The van der Waals surface area contributed by atoms with Gasteiger partial charge >= 0.3 is 18.0 Å². The number of alkyl carbamates (subject to hydrolysis) is 1. The van der Waals surface area contributed by atoms with Crippen LogP contribution in [0.4, 0.5) is 4.79 Å². The smallest absolute Gasteiger partial charge is 0.408 e. The molecule has 0 aromatic rings. The van der Waals surface area contributed by atoms with Crippen molar-refractivity contribution >= 4 is 18.0 Å². The molecule has 1 atom stereocenters. The summed E-state index contributed by atoms with van der Waals surface area (Å²) >= 11 is 0. The van der Waals surface area contributed by atoms with Gasteiger partial charge in [0.2, 0.25) is 0 Å². The molecule has 0 aromatic carbocycles. The van der Waals surface area contributed by atoms with Crippen molar-refractivity contribution in [3.63, 3.8) is 0 Å². The number of nitrogens with one attached hydrogen (secondary N) is 1. The summed E-state index contributed by atoms with van der Waals surface area (Å²) in [7, 11) is 0. The van der Waals surface area contributed by atoms with Crippen LogP contribution >= 0.6 is 0 Å². The number of rotatable bonds is 11. The average Bonchev–Trinajstić information content (AvgIpc) is 2.66. The first-order valence-electron chi connectivity index (χ1n) is 11.6. The van der Waals surface area contributed by atoms with Gasteiger partial charge in [0.1, 0.15) is 23.3 Å². The molecule has 0 bridgehead atoms. The second-order valence-electron chi connectivity index (χ2n) is 10.2. The lowest BCUT2D eigenvalue weighted by Gasteiger charge is -2.30. The van der Waals surface area contributed by atoms with Crippen LogP contribution < -0.4 is 5.32 Å². The van der Waals surface area contributed by atoms with Gasteiger partial charge in [-0.1, -0.05) is 0 Å². The van der Waals surface area contributed by atoms with Gasteiger partial charge in [0.15, 0.2) is 0 Å². The van der Waals surface area contributed by atoms with E-state index >= 15 is 0 Å². The number of piperidine rings is 1. The Balaban J connectivity index is 2.40. The predicted octanol–water partition coefficient (Wildman–Crippen LogP) is 2.61. The molecule has 1 aliphatic heterocycles. The maximum Gasteiger partial charge on any atom is 0.408 e. The predicted molar refractivity (Wildman–Crippen MR) is 121 cm³/mol. The third-order valence-corrected chi connectivity index (χ3v) is 4.67. The molecule has 1 N–H and O–H groups in total. The molecule has 0 spiro atoms. The lowest BCUT2D eigenvalue weighted by atomic mass is 10.1. The first-order chi connectivity index (χ1) is 15.6. The van der Waals surface area contributed by atoms with Crippen molar-refractivity contribution < 1.29 is 38.5 Å². The van der Waals surface area contributed by atoms with Crippen molar-refractivity contribution in [3.8, 4) is 0 Å². The van der Waals surface area contributed by atoms with Gasteiger partial charge in [-0.3, -0.25) is 4.79 Å². The fourth-order valence-corrected chi connectivity index (χ4v) is 3.24. The molecule has 0 aliphatic carbocycles. The van der Waals surface area contributed by atoms with E-state index in [1.165, 1.54) is 0 Å². The molecule has 1 aliphatic rings. The van der Waals surface area contributed by atoms with Crippen LogP contribution in [0.15, 0.2) is 0 Å². The first kappa shape index (κ1) is 29.4. The fraction of sp³-hybridized carbons (Fsp3) is 0.864. The number of ether oxygens (including phenoxy) is 3. The Kier molecular flexibility index (Phi) is 11.5. The minimum Gasteiger partial charge on any atom is -0.466 e. The molecule has 0 aromatic heterocycles. The fourth-order valence-electron chi connectivity index (χ4n) is 3.24. The van der Waals surface area contributed by atoms with Crippen molar-refractivity contribution in [2.45, 2.75) is 97.0 Å². The van der Waals surface area contributed by atoms with Crippen LogP contribution in [0, 0.1) is 10.1 Å². The molecule has 12 nitrogen and oxygen atoms in total. The van der Waals surface area contributed by atoms with E-state index in [1.807, 2.05) is 0 Å². The van der Waals surface area contributed by atoms with Crippen LogP contribution in [0.2, 0.25) is 0 Å². The molecule has 0 radical (unpaired) electrons. The van der Waals surface area contributed by atoms with Crippen molar-refractivity contribution in [2.75, 3.05) is 26.2 Å². The summed E-state index contributed by atoms with van der Waals surface area (Å²) in [5.41, 5.74) is -1.49. The zero-order valence-corrected chi connectivity index (χ0v) is 21.1. The molecule has 1 amide bonds. The molecule has 34 heavy (non-hydrogen) atoms. The third-order valence-electron chi connectivity index (χ3n) is 4.67. The van der Waals surface area contributed by atoms with Crippen molar-refractivity contribution in [1.82, 2.24) is 10.2 Å². The molecule has 1 fully saturated rings. The van der Waals surface area contributed by atoms with Gasteiger partial charge in [0.25, 0.3) is 5.09 Å². The second kappa shape index (κ2) is 13.3. The zero-order valence-electron chi connectivity index (χ0n) is 21.1. The van der Waals surface area contributed by atoms with Gasteiger partial charge in [0, 0.05) is 26.1 Å². The number of carbonyl (C=O) groups excluding carboxylic acids is 3. The van der Waals surface area contributed by atoms with Crippen LogP contribution in [0.25, 0.3) is 0 Å². The Morgan fingerprint density at radius 1 is 1.06 bits per heavy atom. The molecule has 196 valence electrons. The number of amides is 1. The van der Waals surface area contributed by atoms with Crippen molar-refractivity contribution in [3.05, 3.63) is 10.1 Å². The topological polar surface area (TPSA) is 147 Å². The normalized spacial score (nSPS) is 16.3. The maximum atomic E-state index is 12.5.